The summed E-state index contributed by atoms with van der Waals surface area (Å²) in [6, 6.07) is 5.31. The predicted molar refractivity (Wildman–Crippen MR) is 98.2 cm³/mol. The molecule has 25 heavy (non-hydrogen) atoms. The van der Waals surface area contributed by atoms with Crippen molar-refractivity contribution < 1.29 is 4.79 Å². The number of hydrogen-bond acceptors (Lipinski definition) is 5. The summed E-state index contributed by atoms with van der Waals surface area (Å²) < 4.78 is 0. The number of piperazine rings is 1. The Hall–Kier alpha value is -2.21. The molecule has 0 saturated carbocycles. The summed E-state index contributed by atoms with van der Waals surface area (Å²) in [5.41, 5.74) is 1.55. The number of aromatic nitrogens is 3. The van der Waals surface area contributed by atoms with E-state index in [0.29, 0.717) is 23.8 Å². The molecule has 0 bridgehead atoms. The third-order valence-electron chi connectivity index (χ3n) is 4.24. The number of amides is 1. The number of anilines is 1. The molecule has 0 unspecified atom stereocenters. The lowest BCUT2D eigenvalue weighted by atomic mass is 10.2. The molecule has 2 aromatic heterocycles. The zero-order chi connectivity index (χ0) is 18.0. The number of carbonyl (C=O) groups excluding carboxylic acids is 1. The average Bonchev–Trinajstić information content (AvgIpc) is 2.60. The zero-order valence-corrected chi connectivity index (χ0v) is 15.5. The molecule has 0 aromatic carbocycles. The van der Waals surface area contributed by atoms with E-state index in [1.165, 1.54) is 0 Å². The first-order valence-electron chi connectivity index (χ1n) is 8.45. The summed E-state index contributed by atoms with van der Waals surface area (Å²) in [6.07, 6.45) is 1.56. The molecule has 132 valence electrons. The molecular formula is C18H22ClN5O. The molecule has 7 heteroatoms. The number of carbonyl (C=O) groups is 1. The molecule has 1 amide bonds. The van der Waals surface area contributed by atoms with Crippen LogP contribution in [-0.4, -0.2) is 51.9 Å². The van der Waals surface area contributed by atoms with Crippen LogP contribution in [0.1, 0.15) is 41.6 Å². The second-order valence-electron chi connectivity index (χ2n) is 6.53. The molecule has 0 radical (unpaired) electrons. The minimum atomic E-state index is -0.00862. The molecular weight excluding hydrogens is 338 g/mol. The highest BCUT2D eigenvalue weighted by Gasteiger charge is 2.23. The molecule has 1 fully saturated rings. The molecule has 3 heterocycles. The molecule has 1 saturated heterocycles. The summed E-state index contributed by atoms with van der Waals surface area (Å²) in [5, 5.41) is 0.335. The standard InChI is InChI=1S/C18H22ClN5O/c1-12(2)17-21-13(3)10-16(22-17)23-6-8-24(9-7-23)18(25)14-4-5-20-15(19)11-14/h4-5,10-12H,6-9H2,1-3H3. The Morgan fingerprint density at radius 3 is 2.52 bits per heavy atom. The van der Waals surface area contributed by atoms with Crippen LogP contribution >= 0.6 is 11.6 Å². The number of rotatable bonds is 3. The highest BCUT2D eigenvalue weighted by atomic mass is 35.5. The van der Waals surface area contributed by atoms with E-state index < -0.39 is 0 Å². The van der Waals surface area contributed by atoms with E-state index in [1.807, 2.05) is 17.9 Å². The second kappa shape index (κ2) is 7.35. The van der Waals surface area contributed by atoms with Crippen molar-refractivity contribution >= 4 is 23.3 Å². The van der Waals surface area contributed by atoms with Gasteiger partial charge < -0.3 is 9.80 Å². The Kier molecular flexibility index (Phi) is 5.18. The van der Waals surface area contributed by atoms with Gasteiger partial charge in [0.05, 0.1) is 0 Å². The number of nitrogens with zero attached hydrogens (tertiary/aromatic N) is 5. The van der Waals surface area contributed by atoms with Gasteiger partial charge in [-0.15, -0.1) is 0 Å². The lowest BCUT2D eigenvalue weighted by Crippen LogP contribution is -2.49. The predicted octanol–water partition coefficient (Wildman–Crippen LogP) is 2.92. The number of pyridine rings is 1. The minimum absolute atomic E-state index is 0.00862. The SMILES string of the molecule is Cc1cc(N2CCN(C(=O)c3ccnc(Cl)c3)CC2)nc(C(C)C)n1. The van der Waals surface area contributed by atoms with Crippen LogP contribution in [0.15, 0.2) is 24.4 Å². The summed E-state index contributed by atoms with van der Waals surface area (Å²) in [7, 11) is 0. The Bertz CT molecular complexity index is 772. The Balaban J connectivity index is 1.69. The Morgan fingerprint density at radius 1 is 1.16 bits per heavy atom. The largest absolute Gasteiger partial charge is 0.353 e. The van der Waals surface area contributed by atoms with Crippen LogP contribution in [0.5, 0.6) is 0 Å². The van der Waals surface area contributed by atoms with Crippen LogP contribution in [0.25, 0.3) is 0 Å². The molecule has 0 spiro atoms. The van der Waals surface area contributed by atoms with Crippen molar-refractivity contribution in [2.24, 2.45) is 0 Å². The van der Waals surface area contributed by atoms with E-state index in [1.54, 1.807) is 18.3 Å². The third kappa shape index (κ3) is 4.07. The number of hydrogen-bond donors (Lipinski definition) is 0. The van der Waals surface area contributed by atoms with E-state index in [-0.39, 0.29) is 11.8 Å². The second-order valence-corrected chi connectivity index (χ2v) is 6.91. The third-order valence-corrected chi connectivity index (χ3v) is 4.45. The first kappa shape index (κ1) is 17.6. The fourth-order valence-corrected chi connectivity index (χ4v) is 3.03. The minimum Gasteiger partial charge on any atom is -0.353 e. The molecule has 0 N–H and O–H groups in total. The van der Waals surface area contributed by atoms with Gasteiger partial charge in [0, 0.05) is 55.6 Å². The van der Waals surface area contributed by atoms with Crippen LogP contribution in [-0.2, 0) is 0 Å². The van der Waals surface area contributed by atoms with Gasteiger partial charge in [-0.25, -0.2) is 15.0 Å². The van der Waals surface area contributed by atoms with Crippen molar-refractivity contribution in [3.63, 3.8) is 0 Å². The van der Waals surface area contributed by atoms with Crippen molar-refractivity contribution in [3.8, 4) is 0 Å². The van der Waals surface area contributed by atoms with Crippen molar-refractivity contribution in [1.29, 1.82) is 0 Å². The van der Waals surface area contributed by atoms with Crippen molar-refractivity contribution in [2.45, 2.75) is 26.7 Å². The molecule has 6 nitrogen and oxygen atoms in total. The summed E-state index contributed by atoms with van der Waals surface area (Å²) in [4.78, 5) is 29.7. The maximum absolute atomic E-state index is 12.6. The number of aryl methyl sites for hydroxylation is 1. The van der Waals surface area contributed by atoms with E-state index in [9.17, 15) is 4.79 Å². The summed E-state index contributed by atoms with van der Waals surface area (Å²) in [5.74, 6) is 2.08. The van der Waals surface area contributed by atoms with Gasteiger partial charge in [0.15, 0.2) is 0 Å². The number of halogens is 1. The molecule has 3 rings (SSSR count). The normalized spacial score (nSPS) is 14.9. The molecule has 0 atom stereocenters. The van der Waals surface area contributed by atoms with Crippen molar-refractivity contribution in [1.82, 2.24) is 19.9 Å². The smallest absolute Gasteiger partial charge is 0.254 e. The van der Waals surface area contributed by atoms with Gasteiger partial charge in [0.25, 0.3) is 5.91 Å². The van der Waals surface area contributed by atoms with Gasteiger partial charge in [-0.05, 0) is 19.1 Å². The molecule has 1 aliphatic heterocycles. The van der Waals surface area contributed by atoms with Gasteiger partial charge in [-0.1, -0.05) is 25.4 Å². The van der Waals surface area contributed by atoms with E-state index in [4.69, 9.17) is 11.6 Å². The van der Waals surface area contributed by atoms with Crippen LogP contribution in [0, 0.1) is 6.92 Å². The van der Waals surface area contributed by atoms with Gasteiger partial charge in [-0.2, -0.15) is 0 Å². The first-order chi connectivity index (χ1) is 11.9. The van der Waals surface area contributed by atoms with Gasteiger partial charge in [0.2, 0.25) is 0 Å². The monoisotopic (exact) mass is 359 g/mol. The van der Waals surface area contributed by atoms with Gasteiger partial charge >= 0.3 is 0 Å². The summed E-state index contributed by atoms with van der Waals surface area (Å²) >= 11 is 5.88. The van der Waals surface area contributed by atoms with Crippen molar-refractivity contribution in [2.75, 3.05) is 31.1 Å². The molecule has 0 aliphatic carbocycles. The van der Waals surface area contributed by atoms with Gasteiger partial charge in [-0.3, -0.25) is 4.79 Å². The van der Waals surface area contributed by atoms with Crippen LogP contribution < -0.4 is 4.90 Å². The van der Waals surface area contributed by atoms with Crippen LogP contribution in [0.3, 0.4) is 0 Å². The fraction of sp³-hybridized carbons (Fsp3) is 0.444. The zero-order valence-electron chi connectivity index (χ0n) is 14.7. The van der Waals surface area contributed by atoms with E-state index in [0.717, 1.165) is 30.4 Å². The maximum Gasteiger partial charge on any atom is 0.254 e. The van der Waals surface area contributed by atoms with E-state index in [2.05, 4.69) is 33.7 Å². The maximum atomic E-state index is 12.6. The Morgan fingerprint density at radius 2 is 1.88 bits per heavy atom. The van der Waals surface area contributed by atoms with Gasteiger partial charge in [0.1, 0.15) is 16.8 Å². The van der Waals surface area contributed by atoms with Crippen molar-refractivity contribution in [3.05, 3.63) is 46.6 Å². The van der Waals surface area contributed by atoms with Crippen LogP contribution in [0.4, 0.5) is 5.82 Å². The van der Waals surface area contributed by atoms with Crippen LogP contribution in [0.2, 0.25) is 5.15 Å². The summed E-state index contributed by atoms with van der Waals surface area (Å²) in [6.45, 7) is 8.97. The molecule has 2 aromatic rings. The van der Waals surface area contributed by atoms with E-state index >= 15 is 0 Å². The first-order valence-corrected chi connectivity index (χ1v) is 8.83. The average molecular weight is 360 g/mol. The quantitative estimate of drug-likeness (QED) is 0.788. The lowest BCUT2D eigenvalue weighted by Gasteiger charge is -2.35. The topological polar surface area (TPSA) is 62.2 Å². The lowest BCUT2D eigenvalue weighted by molar-refractivity contribution is 0.0746. The highest BCUT2D eigenvalue weighted by molar-refractivity contribution is 6.29. The fourth-order valence-electron chi connectivity index (χ4n) is 2.85. The Labute approximate surface area is 152 Å². The molecule has 1 aliphatic rings. The highest BCUT2D eigenvalue weighted by Crippen LogP contribution is 2.19.